The Bertz CT molecular complexity index is 820. The van der Waals surface area contributed by atoms with Gasteiger partial charge in [-0.15, -0.1) is 0 Å². The molecule has 0 aromatic heterocycles. The Labute approximate surface area is 179 Å². The average molecular weight is 411 g/mol. The van der Waals surface area contributed by atoms with Crippen molar-refractivity contribution in [1.29, 1.82) is 0 Å². The summed E-state index contributed by atoms with van der Waals surface area (Å²) in [6.07, 6.45) is 8.44. The van der Waals surface area contributed by atoms with Gasteiger partial charge in [0.2, 0.25) is 11.8 Å². The van der Waals surface area contributed by atoms with E-state index in [1.165, 1.54) is 24.8 Å². The van der Waals surface area contributed by atoms with Gasteiger partial charge in [-0.3, -0.25) is 9.59 Å². The number of nitrogens with zero attached hydrogens (tertiary/aromatic N) is 1. The van der Waals surface area contributed by atoms with Gasteiger partial charge in [-0.05, 0) is 37.7 Å². The molecule has 162 valence electrons. The normalized spacial score (nSPS) is 32.2. The maximum absolute atomic E-state index is 12.8. The monoisotopic (exact) mass is 410 g/mol. The highest BCUT2D eigenvalue weighted by Crippen LogP contribution is 2.54. The molecule has 4 aliphatic rings. The largest absolute Gasteiger partial charge is 0.369 e. The van der Waals surface area contributed by atoms with Crippen LogP contribution in [0.25, 0.3) is 0 Å². The molecule has 1 aromatic rings. The Morgan fingerprint density at radius 1 is 1.27 bits per heavy atom. The maximum atomic E-state index is 12.8. The number of ether oxygens (including phenoxy) is 1. The highest BCUT2D eigenvalue weighted by atomic mass is 16.5. The fourth-order valence-electron chi connectivity index (χ4n) is 6.22. The second-order valence-electron chi connectivity index (χ2n) is 10.1. The van der Waals surface area contributed by atoms with Crippen LogP contribution in [-0.4, -0.2) is 48.1 Å². The van der Waals surface area contributed by atoms with Gasteiger partial charge in [0.1, 0.15) is 0 Å². The van der Waals surface area contributed by atoms with Crippen LogP contribution in [0.2, 0.25) is 0 Å². The second-order valence-corrected chi connectivity index (χ2v) is 10.1. The van der Waals surface area contributed by atoms with Crippen LogP contribution in [0.4, 0.5) is 0 Å². The Hall–Kier alpha value is -1.88. The molecule has 1 N–H and O–H groups in total. The zero-order valence-electron chi connectivity index (χ0n) is 18.1. The van der Waals surface area contributed by atoms with Crippen molar-refractivity contribution >= 4 is 11.8 Å². The molecule has 3 saturated heterocycles. The van der Waals surface area contributed by atoms with Crippen LogP contribution in [0.15, 0.2) is 24.3 Å². The second kappa shape index (κ2) is 7.99. The average Bonchev–Trinajstić information content (AvgIpc) is 3.33. The fourth-order valence-corrected chi connectivity index (χ4v) is 6.22. The molecule has 0 unspecified atom stereocenters. The summed E-state index contributed by atoms with van der Waals surface area (Å²) in [6, 6.07) is 8.12. The Morgan fingerprint density at radius 3 is 2.90 bits per heavy atom. The third-order valence-electron chi connectivity index (χ3n) is 8.11. The first kappa shape index (κ1) is 20.0. The zero-order chi connectivity index (χ0) is 20.7. The van der Waals surface area contributed by atoms with Crippen LogP contribution < -0.4 is 5.32 Å². The molecule has 5 nitrogen and oxygen atoms in total. The number of nitrogens with one attached hydrogen (secondary N) is 1. The summed E-state index contributed by atoms with van der Waals surface area (Å²) in [5, 5.41) is 3.16. The van der Waals surface area contributed by atoms with Gasteiger partial charge in [-0.1, -0.05) is 49.1 Å². The maximum Gasteiger partial charge on any atom is 0.224 e. The molecule has 1 saturated carbocycles. The molecule has 5 rings (SSSR count). The molecule has 2 amide bonds. The number of likely N-dealkylation sites (tertiary alicyclic amines) is 1. The molecule has 1 aliphatic carbocycles. The lowest BCUT2D eigenvalue weighted by Gasteiger charge is -2.29. The molecule has 5 heteroatoms. The molecule has 4 fully saturated rings. The summed E-state index contributed by atoms with van der Waals surface area (Å²) >= 11 is 0. The highest BCUT2D eigenvalue weighted by molar-refractivity contribution is 5.78. The summed E-state index contributed by atoms with van der Waals surface area (Å²) in [5.41, 5.74) is 2.08. The van der Waals surface area contributed by atoms with E-state index < -0.39 is 0 Å². The van der Waals surface area contributed by atoms with E-state index in [4.69, 9.17) is 4.74 Å². The standard InChI is InChI=1S/C25H34N2O3/c1-17-4-2-7-19(12-17)13-23(28)26-14-20-21-15-27(16-25(21)11-10-22(20)30-25)24(29)9-8-18-5-3-6-18/h2,4,7,12,18,20-22H,3,5-6,8-11,13-16H2,1H3,(H,26,28)/t20-,21+,22+,25+/m0/s1. The topological polar surface area (TPSA) is 58.6 Å². The Morgan fingerprint density at radius 2 is 2.13 bits per heavy atom. The van der Waals surface area contributed by atoms with Gasteiger partial charge in [0.05, 0.1) is 24.7 Å². The van der Waals surface area contributed by atoms with Crippen molar-refractivity contribution in [3.05, 3.63) is 35.4 Å². The van der Waals surface area contributed by atoms with Gasteiger partial charge in [0.15, 0.2) is 0 Å². The Kier molecular flexibility index (Phi) is 5.34. The van der Waals surface area contributed by atoms with Crippen LogP contribution in [-0.2, 0) is 20.7 Å². The van der Waals surface area contributed by atoms with E-state index in [0.717, 1.165) is 43.8 Å². The predicted octanol–water partition coefficient (Wildman–Crippen LogP) is 3.24. The van der Waals surface area contributed by atoms with E-state index in [1.807, 2.05) is 25.1 Å². The van der Waals surface area contributed by atoms with E-state index in [2.05, 4.69) is 16.3 Å². The lowest BCUT2D eigenvalue weighted by molar-refractivity contribution is -0.132. The van der Waals surface area contributed by atoms with Crippen molar-refractivity contribution in [3.8, 4) is 0 Å². The van der Waals surface area contributed by atoms with E-state index in [-0.39, 0.29) is 17.6 Å². The number of hydrogen-bond acceptors (Lipinski definition) is 3. The number of rotatable bonds is 7. The van der Waals surface area contributed by atoms with Gasteiger partial charge < -0.3 is 15.0 Å². The van der Waals surface area contributed by atoms with Crippen LogP contribution >= 0.6 is 0 Å². The predicted molar refractivity (Wildman–Crippen MR) is 115 cm³/mol. The fraction of sp³-hybridized carbons (Fsp3) is 0.680. The molecular weight excluding hydrogens is 376 g/mol. The van der Waals surface area contributed by atoms with Gasteiger partial charge in [-0.2, -0.15) is 0 Å². The lowest BCUT2D eigenvalue weighted by Crippen LogP contribution is -2.42. The molecule has 1 spiro atoms. The SMILES string of the molecule is Cc1cccc(CC(=O)NC[C@H]2[C@H]3CN(C(=O)CCC4CCC4)C[C@]34CC[C@H]2O4)c1. The molecule has 30 heavy (non-hydrogen) atoms. The third-order valence-corrected chi connectivity index (χ3v) is 8.11. The van der Waals surface area contributed by atoms with Crippen molar-refractivity contribution in [3.63, 3.8) is 0 Å². The zero-order valence-corrected chi connectivity index (χ0v) is 18.1. The minimum Gasteiger partial charge on any atom is -0.369 e. The van der Waals surface area contributed by atoms with Crippen LogP contribution in [0.3, 0.4) is 0 Å². The van der Waals surface area contributed by atoms with E-state index >= 15 is 0 Å². The number of amides is 2. The number of hydrogen-bond donors (Lipinski definition) is 1. The minimum atomic E-state index is -0.150. The summed E-state index contributed by atoms with van der Waals surface area (Å²) < 4.78 is 6.46. The quantitative estimate of drug-likeness (QED) is 0.751. The van der Waals surface area contributed by atoms with Gasteiger partial charge >= 0.3 is 0 Å². The van der Waals surface area contributed by atoms with Crippen LogP contribution in [0.5, 0.6) is 0 Å². The van der Waals surface area contributed by atoms with Gasteiger partial charge in [0.25, 0.3) is 0 Å². The van der Waals surface area contributed by atoms with Crippen molar-refractivity contribution in [2.45, 2.75) is 70.0 Å². The van der Waals surface area contributed by atoms with Crippen molar-refractivity contribution in [2.75, 3.05) is 19.6 Å². The van der Waals surface area contributed by atoms with Crippen molar-refractivity contribution < 1.29 is 14.3 Å². The van der Waals surface area contributed by atoms with Gasteiger partial charge in [0, 0.05) is 31.3 Å². The summed E-state index contributed by atoms with van der Waals surface area (Å²) in [4.78, 5) is 27.4. The minimum absolute atomic E-state index is 0.0730. The first-order valence-corrected chi connectivity index (χ1v) is 11.8. The summed E-state index contributed by atoms with van der Waals surface area (Å²) in [6.45, 7) is 4.27. The highest BCUT2D eigenvalue weighted by Gasteiger charge is 2.63. The number of benzene rings is 1. The molecule has 3 heterocycles. The molecule has 2 bridgehead atoms. The molecule has 4 atom stereocenters. The van der Waals surface area contributed by atoms with Crippen molar-refractivity contribution in [1.82, 2.24) is 10.2 Å². The first-order chi connectivity index (χ1) is 14.5. The molecule has 0 radical (unpaired) electrons. The number of carbonyl (C=O) groups excluding carboxylic acids is 2. The lowest BCUT2D eigenvalue weighted by atomic mass is 9.73. The molecule has 3 aliphatic heterocycles. The number of carbonyl (C=O) groups is 2. The summed E-state index contributed by atoms with van der Waals surface area (Å²) in [5.74, 6) is 1.84. The van der Waals surface area contributed by atoms with Crippen molar-refractivity contribution in [2.24, 2.45) is 17.8 Å². The van der Waals surface area contributed by atoms with E-state index in [1.54, 1.807) is 0 Å². The Balaban J connectivity index is 1.16. The first-order valence-electron chi connectivity index (χ1n) is 11.8. The molecule has 1 aromatic carbocycles. The smallest absolute Gasteiger partial charge is 0.224 e. The van der Waals surface area contributed by atoms with Gasteiger partial charge in [-0.25, -0.2) is 0 Å². The van der Waals surface area contributed by atoms with Crippen LogP contribution in [0, 0.1) is 24.7 Å². The summed E-state index contributed by atoms with van der Waals surface area (Å²) in [7, 11) is 0. The van der Waals surface area contributed by atoms with E-state index in [0.29, 0.717) is 37.1 Å². The van der Waals surface area contributed by atoms with Crippen LogP contribution in [0.1, 0.15) is 56.1 Å². The molecular formula is C25H34N2O3. The third kappa shape index (κ3) is 3.77. The number of aryl methyl sites for hydroxylation is 1. The number of fused-ring (bicyclic) bond motifs is 1. The van der Waals surface area contributed by atoms with E-state index in [9.17, 15) is 9.59 Å².